The zero-order valence-corrected chi connectivity index (χ0v) is 8.30. The third kappa shape index (κ3) is 2.28. The standard InChI is InChI=1S/C10H11F2N3/c1-6-5-15-8(2-3-13)9(10(11)12)7(6)4-14/h5,10H,2,4,14H2,1H3. The van der Waals surface area contributed by atoms with E-state index >= 15 is 0 Å². The van der Waals surface area contributed by atoms with Crippen LogP contribution in [0.25, 0.3) is 0 Å². The van der Waals surface area contributed by atoms with Gasteiger partial charge in [-0.3, -0.25) is 4.98 Å². The molecule has 0 saturated heterocycles. The van der Waals surface area contributed by atoms with Crippen molar-refractivity contribution in [3.05, 3.63) is 28.6 Å². The van der Waals surface area contributed by atoms with Crippen LogP contribution >= 0.6 is 0 Å². The number of nitrogens with two attached hydrogens (primary N) is 1. The third-order valence-corrected chi connectivity index (χ3v) is 2.19. The Morgan fingerprint density at radius 3 is 2.73 bits per heavy atom. The average Bonchev–Trinajstić information content (AvgIpc) is 2.20. The van der Waals surface area contributed by atoms with Crippen molar-refractivity contribution in [3.63, 3.8) is 0 Å². The van der Waals surface area contributed by atoms with E-state index in [1.807, 2.05) is 6.07 Å². The number of halogens is 2. The summed E-state index contributed by atoms with van der Waals surface area (Å²) in [6, 6.07) is 1.81. The second-order valence-electron chi connectivity index (χ2n) is 3.12. The minimum atomic E-state index is -2.64. The Hall–Kier alpha value is -1.54. The van der Waals surface area contributed by atoms with Gasteiger partial charge in [0.1, 0.15) is 0 Å². The van der Waals surface area contributed by atoms with Gasteiger partial charge in [-0.05, 0) is 18.1 Å². The van der Waals surface area contributed by atoms with Crippen LogP contribution in [0.4, 0.5) is 8.78 Å². The zero-order chi connectivity index (χ0) is 11.4. The first kappa shape index (κ1) is 11.5. The van der Waals surface area contributed by atoms with E-state index in [1.54, 1.807) is 6.92 Å². The van der Waals surface area contributed by atoms with Crippen molar-refractivity contribution in [2.75, 3.05) is 0 Å². The highest BCUT2D eigenvalue weighted by Crippen LogP contribution is 2.27. The molecule has 0 amide bonds. The van der Waals surface area contributed by atoms with Gasteiger partial charge >= 0.3 is 0 Å². The van der Waals surface area contributed by atoms with E-state index < -0.39 is 6.43 Å². The highest BCUT2D eigenvalue weighted by molar-refractivity contribution is 5.37. The lowest BCUT2D eigenvalue weighted by molar-refractivity contribution is 0.148. The summed E-state index contributed by atoms with van der Waals surface area (Å²) in [6.45, 7) is 1.71. The normalized spacial score (nSPS) is 10.4. The maximum Gasteiger partial charge on any atom is 0.265 e. The van der Waals surface area contributed by atoms with Crippen LogP contribution in [0.5, 0.6) is 0 Å². The number of nitrogens with zero attached hydrogens (tertiary/aromatic N) is 2. The number of rotatable bonds is 3. The van der Waals surface area contributed by atoms with Crippen LogP contribution in [0, 0.1) is 18.3 Å². The summed E-state index contributed by atoms with van der Waals surface area (Å²) in [6.07, 6.45) is -1.28. The Bertz CT molecular complexity index is 396. The van der Waals surface area contributed by atoms with Crippen molar-refractivity contribution in [2.24, 2.45) is 5.73 Å². The molecule has 0 spiro atoms. The first-order valence-electron chi connectivity index (χ1n) is 4.44. The molecular formula is C10H11F2N3. The van der Waals surface area contributed by atoms with Crippen molar-refractivity contribution in [2.45, 2.75) is 26.3 Å². The van der Waals surface area contributed by atoms with Gasteiger partial charge in [0.15, 0.2) is 0 Å². The molecule has 1 aromatic heterocycles. The van der Waals surface area contributed by atoms with E-state index in [0.717, 1.165) is 0 Å². The molecule has 3 nitrogen and oxygen atoms in total. The van der Waals surface area contributed by atoms with Crippen LogP contribution < -0.4 is 5.73 Å². The maximum absolute atomic E-state index is 12.8. The first-order chi connectivity index (χ1) is 7.11. The van der Waals surface area contributed by atoms with Crippen molar-refractivity contribution < 1.29 is 8.78 Å². The topological polar surface area (TPSA) is 62.7 Å². The molecule has 0 aromatic carbocycles. The van der Waals surface area contributed by atoms with E-state index in [0.29, 0.717) is 11.1 Å². The number of pyridine rings is 1. The molecule has 1 heterocycles. The number of aromatic nitrogens is 1. The number of hydrogen-bond donors (Lipinski definition) is 1. The van der Waals surface area contributed by atoms with E-state index in [2.05, 4.69) is 4.98 Å². The molecule has 0 aliphatic carbocycles. The van der Waals surface area contributed by atoms with Crippen molar-refractivity contribution in [1.29, 1.82) is 5.26 Å². The second-order valence-corrected chi connectivity index (χ2v) is 3.12. The number of alkyl halides is 2. The second kappa shape index (κ2) is 4.80. The van der Waals surface area contributed by atoms with Gasteiger partial charge in [-0.2, -0.15) is 5.26 Å². The molecule has 0 bridgehead atoms. The fourth-order valence-corrected chi connectivity index (χ4v) is 1.45. The number of nitriles is 1. The fourth-order valence-electron chi connectivity index (χ4n) is 1.45. The maximum atomic E-state index is 12.8. The molecule has 0 saturated carbocycles. The van der Waals surface area contributed by atoms with E-state index in [4.69, 9.17) is 11.0 Å². The number of hydrogen-bond acceptors (Lipinski definition) is 3. The van der Waals surface area contributed by atoms with Gasteiger partial charge in [0.25, 0.3) is 6.43 Å². The first-order valence-corrected chi connectivity index (χ1v) is 4.44. The lowest BCUT2D eigenvalue weighted by Gasteiger charge is -2.12. The van der Waals surface area contributed by atoms with Crippen molar-refractivity contribution >= 4 is 0 Å². The molecule has 0 unspecified atom stereocenters. The van der Waals surface area contributed by atoms with Gasteiger partial charge in [-0.15, -0.1) is 0 Å². The molecule has 0 fully saturated rings. The number of aryl methyl sites for hydroxylation is 1. The minimum absolute atomic E-state index is 0.0342. The van der Waals surface area contributed by atoms with Gasteiger partial charge < -0.3 is 5.73 Å². The summed E-state index contributed by atoms with van der Waals surface area (Å²) < 4.78 is 25.5. The zero-order valence-electron chi connectivity index (χ0n) is 8.30. The fraction of sp³-hybridized carbons (Fsp3) is 0.400. The average molecular weight is 211 g/mol. The monoisotopic (exact) mass is 211 g/mol. The highest BCUT2D eigenvalue weighted by atomic mass is 19.3. The lowest BCUT2D eigenvalue weighted by Crippen LogP contribution is -2.09. The van der Waals surface area contributed by atoms with Gasteiger partial charge in [0.2, 0.25) is 0 Å². The van der Waals surface area contributed by atoms with Gasteiger partial charge in [0.05, 0.1) is 18.2 Å². The summed E-state index contributed by atoms with van der Waals surface area (Å²) in [5.41, 5.74) is 6.38. The van der Waals surface area contributed by atoms with Crippen LogP contribution in [0.1, 0.15) is 28.8 Å². The highest BCUT2D eigenvalue weighted by Gasteiger charge is 2.19. The molecule has 1 aromatic rings. The molecule has 80 valence electrons. The van der Waals surface area contributed by atoms with E-state index in [-0.39, 0.29) is 24.2 Å². The molecule has 0 radical (unpaired) electrons. The molecule has 0 aliphatic heterocycles. The Kier molecular flexibility index (Phi) is 3.69. The predicted molar refractivity (Wildman–Crippen MR) is 51.1 cm³/mol. The van der Waals surface area contributed by atoms with Crippen LogP contribution in [0.15, 0.2) is 6.20 Å². The summed E-state index contributed by atoms with van der Waals surface area (Å²) in [7, 11) is 0. The molecule has 0 aliphatic rings. The Labute approximate surface area is 86.5 Å². The van der Waals surface area contributed by atoms with E-state index in [1.165, 1.54) is 6.20 Å². The van der Waals surface area contributed by atoms with Gasteiger partial charge in [0, 0.05) is 18.3 Å². The largest absolute Gasteiger partial charge is 0.326 e. The molecule has 0 atom stereocenters. The van der Waals surface area contributed by atoms with Crippen LogP contribution in [-0.2, 0) is 13.0 Å². The molecule has 15 heavy (non-hydrogen) atoms. The van der Waals surface area contributed by atoms with Crippen molar-refractivity contribution in [1.82, 2.24) is 4.98 Å². The predicted octanol–water partition coefficient (Wildman–Crippen LogP) is 1.85. The molecule has 2 N–H and O–H groups in total. The Balaban J connectivity index is 3.36. The smallest absolute Gasteiger partial charge is 0.265 e. The Morgan fingerprint density at radius 2 is 2.27 bits per heavy atom. The lowest BCUT2D eigenvalue weighted by atomic mass is 10.0. The van der Waals surface area contributed by atoms with Gasteiger partial charge in [-0.1, -0.05) is 0 Å². The summed E-state index contributed by atoms with van der Waals surface area (Å²) in [5.74, 6) is 0. The minimum Gasteiger partial charge on any atom is -0.326 e. The molecule has 5 heteroatoms. The summed E-state index contributed by atoms with van der Waals surface area (Å²) in [4.78, 5) is 3.84. The van der Waals surface area contributed by atoms with Crippen molar-refractivity contribution in [3.8, 4) is 6.07 Å². The SMILES string of the molecule is Cc1cnc(CC#N)c(C(F)F)c1CN. The summed E-state index contributed by atoms with van der Waals surface area (Å²) in [5, 5.41) is 8.49. The Morgan fingerprint density at radius 1 is 1.60 bits per heavy atom. The van der Waals surface area contributed by atoms with Crippen LogP contribution in [0.2, 0.25) is 0 Å². The molecule has 1 rings (SSSR count). The summed E-state index contributed by atoms with van der Waals surface area (Å²) >= 11 is 0. The van der Waals surface area contributed by atoms with Crippen LogP contribution in [0.3, 0.4) is 0 Å². The van der Waals surface area contributed by atoms with Crippen LogP contribution in [-0.4, -0.2) is 4.98 Å². The quantitative estimate of drug-likeness (QED) is 0.829. The molecular weight excluding hydrogens is 200 g/mol. The third-order valence-electron chi connectivity index (χ3n) is 2.19. The van der Waals surface area contributed by atoms with E-state index in [9.17, 15) is 8.78 Å². The van der Waals surface area contributed by atoms with Gasteiger partial charge in [-0.25, -0.2) is 8.78 Å².